The van der Waals surface area contributed by atoms with Crippen LogP contribution in [0.2, 0.25) is 5.02 Å². The van der Waals surface area contributed by atoms with Crippen molar-refractivity contribution in [3.05, 3.63) is 84.1 Å². The van der Waals surface area contributed by atoms with Crippen molar-refractivity contribution in [1.82, 2.24) is 14.9 Å². The van der Waals surface area contributed by atoms with E-state index in [2.05, 4.69) is 10.3 Å². The highest BCUT2D eigenvalue weighted by Gasteiger charge is 2.30. The number of anilines is 1. The maximum atomic E-state index is 13.6. The number of aromatic nitrogens is 2. The number of benzene rings is 2. The molecule has 0 atom stereocenters. The SMILES string of the molecule is CNC(=O)c1scc2[nH]c(=O)n(-c3cc(S(=O)(=O)N4CCCc5ccccc54)ccc3Cl)c(=O)c12. The number of nitrogens with zero attached hydrogens (tertiary/aromatic N) is 2. The summed E-state index contributed by atoms with van der Waals surface area (Å²) in [5.74, 6) is -0.480. The van der Waals surface area contributed by atoms with E-state index < -0.39 is 27.2 Å². The van der Waals surface area contributed by atoms with Crippen molar-refractivity contribution in [3.63, 3.8) is 0 Å². The Balaban J connectivity index is 1.70. The maximum absolute atomic E-state index is 13.6. The topological polar surface area (TPSA) is 121 Å². The minimum Gasteiger partial charge on any atom is -0.354 e. The van der Waals surface area contributed by atoms with Gasteiger partial charge < -0.3 is 10.3 Å². The summed E-state index contributed by atoms with van der Waals surface area (Å²) in [6.07, 6.45) is 1.43. The fourth-order valence-electron chi connectivity index (χ4n) is 4.24. The van der Waals surface area contributed by atoms with Crippen LogP contribution in [0.15, 0.2) is 62.3 Å². The Kier molecular flexibility index (Phi) is 5.78. The Labute approximate surface area is 208 Å². The zero-order valence-electron chi connectivity index (χ0n) is 18.4. The third-order valence-electron chi connectivity index (χ3n) is 5.90. The number of fused-ring (bicyclic) bond motifs is 2. The van der Waals surface area contributed by atoms with Crippen molar-refractivity contribution >= 4 is 55.5 Å². The number of carbonyl (C=O) groups excluding carboxylic acids is 1. The summed E-state index contributed by atoms with van der Waals surface area (Å²) >= 11 is 7.36. The van der Waals surface area contributed by atoms with Crippen molar-refractivity contribution in [2.45, 2.75) is 17.7 Å². The molecule has 5 rings (SSSR count). The molecule has 2 aromatic heterocycles. The Bertz CT molecular complexity index is 1720. The number of hydrogen-bond donors (Lipinski definition) is 2. The third-order valence-corrected chi connectivity index (χ3v) is 9.01. The number of aryl methyl sites for hydroxylation is 1. The van der Waals surface area contributed by atoms with Gasteiger partial charge >= 0.3 is 5.69 Å². The summed E-state index contributed by atoms with van der Waals surface area (Å²) in [5.41, 5.74) is 0.0609. The van der Waals surface area contributed by atoms with E-state index in [9.17, 15) is 22.8 Å². The van der Waals surface area contributed by atoms with Crippen LogP contribution in [0.5, 0.6) is 0 Å². The lowest BCUT2D eigenvalue weighted by Crippen LogP contribution is -2.36. The number of para-hydroxylation sites is 1. The number of aromatic amines is 1. The normalized spacial score (nSPS) is 13.6. The van der Waals surface area contributed by atoms with E-state index in [1.807, 2.05) is 12.1 Å². The number of nitrogens with one attached hydrogen (secondary N) is 2. The van der Waals surface area contributed by atoms with Crippen LogP contribution in [0.25, 0.3) is 16.6 Å². The number of rotatable bonds is 4. The molecule has 0 unspecified atom stereocenters. The average molecular weight is 531 g/mol. The predicted molar refractivity (Wildman–Crippen MR) is 136 cm³/mol. The molecule has 35 heavy (non-hydrogen) atoms. The van der Waals surface area contributed by atoms with Crippen LogP contribution in [0.1, 0.15) is 21.7 Å². The molecule has 1 amide bonds. The molecule has 4 aromatic rings. The highest BCUT2D eigenvalue weighted by atomic mass is 35.5. The lowest BCUT2D eigenvalue weighted by molar-refractivity contribution is 0.0968. The van der Waals surface area contributed by atoms with Crippen molar-refractivity contribution in [1.29, 1.82) is 0 Å². The van der Waals surface area contributed by atoms with Crippen LogP contribution in [0, 0.1) is 0 Å². The van der Waals surface area contributed by atoms with Crippen molar-refractivity contribution in [2.24, 2.45) is 0 Å². The number of hydrogen-bond acceptors (Lipinski definition) is 6. The number of amides is 1. The van der Waals surface area contributed by atoms with Crippen molar-refractivity contribution < 1.29 is 13.2 Å². The number of thiophene rings is 1. The van der Waals surface area contributed by atoms with E-state index in [1.54, 1.807) is 12.1 Å². The summed E-state index contributed by atoms with van der Waals surface area (Å²) in [7, 11) is -2.59. The predicted octanol–water partition coefficient (Wildman–Crippen LogP) is 2.90. The summed E-state index contributed by atoms with van der Waals surface area (Å²) in [6, 6.07) is 11.2. The molecule has 0 radical (unpaired) electrons. The molecule has 0 bridgehead atoms. The van der Waals surface area contributed by atoms with Gasteiger partial charge in [-0.2, -0.15) is 0 Å². The monoisotopic (exact) mass is 530 g/mol. The van der Waals surface area contributed by atoms with Crippen LogP contribution in [-0.2, 0) is 16.4 Å². The van der Waals surface area contributed by atoms with Gasteiger partial charge in [0.1, 0.15) is 4.88 Å². The molecule has 9 nitrogen and oxygen atoms in total. The minimum absolute atomic E-state index is 0.00617. The van der Waals surface area contributed by atoms with Gasteiger partial charge in [0.15, 0.2) is 0 Å². The lowest BCUT2D eigenvalue weighted by atomic mass is 10.0. The second-order valence-corrected chi connectivity index (χ2v) is 11.1. The zero-order chi connectivity index (χ0) is 24.9. The van der Waals surface area contributed by atoms with Gasteiger partial charge in [-0.1, -0.05) is 29.8 Å². The molecule has 1 aliphatic rings. The fraction of sp³-hybridized carbons (Fsp3) is 0.174. The van der Waals surface area contributed by atoms with Gasteiger partial charge in [0.25, 0.3) is 21.5 Å². The van der Waals surface area contributed by atoms with E-state index in [4.69, 9.17) is 11.6 Å². The molecule has 1 aliphatic heterocycles. The molecule has 0 saturated carbocycles. The third kappa shape index (κ3) is 3.76. The molecule has 180 valence electrons. The molecule has 0 spiro atoms. The lowest BCUT2D eigenvalue weighted by Gasteiger charge is -2.30. The number of H-pyrrole nitrogens is 1. The van der Waals surface area contributed by atoms with E-state index in [0.717, 1.165) is 27.9 Å². The maximum Gasteiger partial charge on any atom is 0.333 e. The van der Waals surface area contributed by atoms with Crippen LogP contribution in [0.3, 0.4) is 0 Å². The minimum atomic E-state index is -4.02. The molecular weight excluding hydrogens is 512 g/mol. The quantitative estimate of drug-likeness (QED) is 0.420. The number of sulfonamides is 1. The fourth-order valence-corrected chi connectivity index (χ4v) is 6.94. The average Bonchev–Trinajstić information content (AvgIpc) is 3.28. The standard InChI is InChI=1S/C23H19ClN4O5S2/c1-25-21(29)20-19-16(12-34-20)26-23(31)28(22(19)30)18-11-14(8-9-15(18)24)35(32,33)27-10-4-6-13-5-2-3-7-17(13)27/h2-3,5,7-9,11-12H,4,6,10H2,1H3,(H,25,29)(H,26,31). The smallest absolute Gasteiger partial charge is 0.333 e. The van der Waals surface area contributed by atoms with Gasteiger partial charge in [-0.05, 0) is 42.7 Å². The Morgan fingerprint density at radius 3 is 2.69 bits per heavy atom. The van der Waals surface area contributed by atoms with E-state index in [-0.39, 0.29) is 31.4 Å². The summed E-state index contributed by atoms with van der Waals surface area (Å²) in [6.45, 7) is 0.300. The van der Waals surface area contributed by atoms with Gasteiger partial charge in [-0.3, -0.25) is 13.9 Å². The second-order valence-electron chi connectivity index (χ2n) is 7.93. The largest absolute Gasteiger partial charge is 0.354 e. The van der Waals surface area contributed by atoms with Crippen LogP contribution < -0.4 is 20.9 Å². The van der Waals surface area contributed by atoms with Crippen LogP contribution in [-0.4, -0.2) is 37.5 Å². The van der Waals surface area contributed by atoms with Gasteiger partial charge in [0.05, 0.1) is 32.2 Å². The highest BCUT2D eigenvalue weighted by molar-refractivity contribution is 7.92. The van der Waals surface area contributed by atoms with Gasteiger partial charge in [-0.25, -0.2) is 17.8 Å². The van der Waals surface area contributed by atoms with E-state index in [0.29, 0.717) is 18.7 Å². The first kappa shape index (κ1) is 23.3. The molecule has 2 N–H and O–H groups in total. The highest BCUT2D eigenvalue weighted by Crippen LogP contribution is 2.33. The Hall–Kier alpha value is -3.41. The molecule has 2 aromatic carbocycles. The first-order valence-electron chi connectivity index (χ1n) is 10.6. The Morgan fingerprint density at radius 1 is 1.14 bits per heavy atom. The molecule has 0 fully saturated rings. The molecule has 12 heteroatoms. The molecular formula is C23H19ClN4O5S2. The van der Waals surface area contributed by atoms with Crippen LogP contribution in [0.4, 0.5) is 5.69 Å². The molecule has 0 aliphatic carbocycles. The zero-order valence-corrected chi connectivity index (χ0v) is 20.8. The summed E-state index contributed by atoms with van der Waals surface area (Å²) in [5, 5.41) is 3.99. The summed E-state index contributed by atoms with van der Waals surface area (Å²) in [4.78, 5) is 41.1. The van der Waals surface area contributed by atoms with Gasteiger partial charge in [0, 0.05) is 19.0 Å². The number of carbonyl (C=O) groups is 1. The molecule has 0 saturated heterocycles. The second kappa shape index (κ2) is 8.67. The van der Waals surface area contributed by atoms with E-state index in [1.165, 1.54) is 34.9 Å². The van der Waals surface area contributed by atoms with Crippen LogP contribution >= 0.6 is 22.9 Å². The van der Waals surface area contributed by atoms with Gasteiger partial charge in [-0.15, -0.1) is 11.3 Å². The van der Waals surface area contributed by atoms with E-state index >= 15 is 0 Å². The number of halogens is 1. The van der Waals surface area contributed by atoms with Crippen molar-refractivity contribution in [3.8, 4) is 5.69 Å². The van der Waals surface area contributed by atoms with Crippen molar-refractivity contribution in [2.75, 3.05) is 17.9 Å². The molecule has 3 heterocycles. The summed E-state index contributed by atoms with van der Waals surface area (Å²) < 4.78 is 29.3. The van der Waals surface area contributed by atoms with Gasteiger partial charge in [0.2, 0.25) is 0 Å². The Morgan fingerprint density at radius 2 is 1.91 bits per heavy atom. The first-order valence-corrected chi connectivity index (χ1v) is 13.3. The first-order chi connectivity index (χ1) is 16.7.